The van der Waals surface area contributed by atoms with Crippen molar-refractivity contribution in [3.8, 4) is 5.75 Å². The Morgan fingerprint density at radius 1 is 1.03 bits per heavy atom. The normalized spacial score (nSPS) is 14.7. The number of hydrogen-bond donors (Lipinski definition) is 2. The van der Waals surface area contributed by atoms with Gasteiger partial charge >= 0.3 is 13.8 Å². The highest BCUT2D eigenvalue weighted by molar-refractivity contribution is 7.47. The van der Waals surface area contributed by atoms with Crippen LogP contribution in [0.25, 0.3) is 0 Å². The van der Waals surface area contributed by atoms with Crippen LogP contribution >= 0.6 is 7.82 Å². The summed E-state index contributed by atoms with van der Waals surface area (Å²) in [5.74, 6) is -0.132. The number of carbonyl (C=O) groups is 1. The van der Waals surface area contributed by atoms with Crippen molar-refractivity contribution in [3.05, 3.63) is 29.3 Å². The van der Waals surface area contributed by atoms with Crippen LogP contribution in [0.5, 0.6) is 5.75 Å². The van der Waals surface area contributed by atoms with Crippen molar-refractivity contribution in [1.82, 2.24) is 0 Å². The molecule has 0 saturated heterocycles. The Balaban J connectivity index is 2.16. The molecule has 0 amide bonds. The third-order valence-electron chi connectivity index (χ3n) is 5.04. The van der Waals surface area contributed by atoms with Crippen LogP contribution in [0, 0.1) is 13.8 Å². The Hall–Kier alpha value is -1.44. The molecule has 2 N–H and O–H groups in total. The molecule has 2 atom stereocenters. The summed E-state index contributed by atoms with van der Waals surface area (Å²) in [6.07, 6.45) is 4.41. The smallest absolute Gasteiger partial charge is 0.472 e. The highest BCUT2D eigenvalue weighted by Gasteiger charge is 2.31. The summed E-state index contributed by atoms with van der Waals surface area (Å²) in [6.45, 7) is 5.23. The maximum absolute atomic E-state index is 12.2. The average Bonchev–Trinajstić information content (AvgIpc) is 2.64. The average molecular weight is 475 g/mol. The molecule has 0 saturated carbocycles. The number of nitrogens with zero attached hydrogens (tertiary/aromatic N) is 1. The number of quaternary nitrogens is 1. The molecule has 0 aliphatic heterocycles. The van der Waals surface area contributed by atoms with Crippen LogP contribution in [0.1, 0.15) is 56.1 Å². The predicted molar refractivity (Wildman–Crippen MR) is 125 cm³/mol. The van der Waals surface area contributed by atoms with Crippen LogP contribution in [0.2, 0.25) is 0 Å². The van der Waals surface area contributed by atoms with E-state index in [-0.39, 0.29) is 19.6 Å². The summed E-state index contributed by atoms with van der Waals surface area (Å²) in [4.78, 5) is 20.9. The van der Waals surface area contributed by atoms with E-state index in [0.29, 0.717) is 17.5 Å². The van der Waals surface area contributed by atoms with Gasteiger partial charge in [-0.15, -0.1) is 0 Å². The van der Waals surface area contributed by atoms with Crippen molar-refractivity contribution in [2.75, 3.05) is 40.9 Å². The number of phosphoric acid groups is 1. The first-order valence-electron chi connectivity index (χ1n) is 11.3. The molecule has 1 aromatic rings. The second kappa shape index (κ2) is 14.0. The van der Waals surface area contributed by atoms with E-state index >= 15 is 0 Å². The Morgan fingerprint density at radius 3 is 2.22 bits per heavy atom. The predicted octanol–water partition coefficient (Wildman–Crippen LogP) is 4.71. The molecule has 0 aliphatic carbocycles. The number of aryl methyl sites for hydroxylation is 1. The van der Waals surface area contributed by atoms with Gasteiger partial charge in [0, 0.05) is 0 Å². The van der Waals surface area contributed by atoms with Crippen LogP contribution < -0.4 is 4.74 Å². The Bertz CT molecular complexity index is 748. The molecule has 0 aromatic heterocycles. The molecule has 8 nitrogen and oxygen atoms in total. The van der Waals surface area contributed by atoms with Crippen molar-refractivity contribution in [2.24, 2.45) is 0 Å². The lowest BCUT2D eigenvalue weighted by Crippen LogP contribution is -2.42. The quantitative estimate of drug-likeness (QED) is 0.192. The molecular formula is C23H41NO7P+. The van der Waals surface area contributed by atoms with E-state index in [9.17, 15) is 14.3 Å². The molecule has 32 heavy (non-hydrogen) atoms. The molecule has 0 aliphatic rings. The molecule has 0 bridgehead atoms. The Morgan fingerprint density at radius 2 is 1.62 bits per heavy atom. The Labute approximate surface area is 192 Å². The lowest BCUT2D eigenvalue weighted by molar-refractivity contribution is -0.873. The zero-order chi connectivity index (χ0) is 24.2. The minimum absolute atomic E-state index is 0.105. The summed E-state index contributed by atoms with van der Waals surface area (Å²) in [5, 5.41) is 9.00. The monoisotopic (exact) mass is 474 g/mol. The van der Waals surface area contributed by atoms with Gasteiger partial charge in [0.15, 0.2) is 0 Å². The summed E-state index contributed by atoms with van der Waals surface area (Å²) in [5.41, 5.74) is 2.41. The van der Waals surface area contributed by atoms with Crippen molar-refractivity contribution in [2.45, 2.75) is 64.9 Å². The van der Waals surface area contributed by atoms with Crippen molar-refractivity contribution >= 4 is 13.8 Å². The number of hydrogen-bond acceptors (Lipinski definition) is 5. The van der Waals surface area contributed by atoms with E-state index in [1.165, 1.54) is 11.1 Å². The molecule has 0 spiro atoms. The first kappa shape index (κ1) is 28.6. The zero-order valence-electron chi connectivity index (χ0n) is 20.2. The van der Waals surface area contributed by atoms with Crippen molar-refractivity contribution in [3.63, 3.8) is 0 Å². The van der Waals surface area contributed by atoms with E-state index < -0.39 is 19.9 Å². The van der Waals surface area contributed by atoms with Crippen LogP contribution in [0.4, 0.5) is 0 Å². The van der Waals surface area contributed by atoms with E-state index in [0.717, 1.165) is 37.9 Å². The minimum atomic E-state index is -4.29. The van der Waals surface area contributed by atoms with Gasteiger partial charge in [-0.2, -0.15) is 0 Å². The fourth-order valence-corrected chi connectivity index (χ4v) is 4.25. The maximum atomic E-state index is 12.2. The summed E-state index contributed by atoms with van der Waals surface area (Å²) in [6, 6.07) is 6.08. The fourth-order valence-electron chi connectivity index (χ4n) is 3.31. The summed E-state index contributed by atoms with van der Waals surface area (Å²) >= 11 is 0. The van der Waals surface area contributed by atoms with Gasteiger partial charge in [-0.3, -0.25) is 13.8 Å². The first-order valence-corrected chi connectivity index (χ1v) is 12.8. The molecule has 0 heterocycles. The van der Waals surface area contributed by atoms with Crippen LogP contribution in [-0.4, -0.2) is 67.5 Å². The SMILES string of the molecule is Cc1cccc(OCCCCCCCCOP(=O)(O)OC(CC(=O)O)C[N+](C)(C)C)c1C. The molecule has 0 fully saturated rings. The van der Waals surface area contributed by atoms with Gasteiger partial charge in [-0.05, 0) is 43.9 Å². The number of ether oxygens (including phenoxy) is 1. The number of benzene rings is 1. The third kappa shape index (κ3) is 13.2. The van der Waals surface area contributed by atoms with Gasteiger partial charge in [-0.1, -0.05) is 37.8 Å². The highest BCUT2D eigenvalue weighted by atomic mass is 31.2. The van der Waals surface area contributed by atoms with Gasteiger partial charge in [0.25, 0.3) is 0 Å². The van der Waals surface area contributed by atoms with E-state index in [4.69, 9.17) is 18.9 Å². The second-order valence-corrected chi connectivity index (χ2v) is 10.7. The van der Waals surface area contributed by atoms with E-state index in [1.807, 2.05) is 33.3 Å². The van der Waals surface area contributed by atoms with Gasteiger partial charge in [-0.25, -0.2) is 4.57 Å². The number of aliphatic carboxylic acids is 1. The number of likely N-dealkylation sites (N-methyl/N-ethyl adjacent to an activating group) is 1. The standard InChI is InChI=1S/C23H40NO7P/c1-19-13-12-14-22(20(19)2)29-15-10-8-6-7-9-11-16-30-32(27,28)31-21(17-23(25)26)18-24(3,4)5/h12-14,21H,6-11,15-18H2,1-5H3,(H-,25,26,27,28)/p+1. The number of phosphoric ester groups is 1. The molecule has 1 rings (SSSR count). The number of unbranched alkanes of at least 4 members (excludes halogenated alkanes) is 5. The van der Waals surface area contributed by atoms with Gasteiger partial charge < -0.3 is 19.2 Å². The van der Waals surface area contributed by atoms with E-state index in [1.54, 1.807) is 0 Å². The summed E-state index contributed by atoms with van der Waals surface area (Å²) in [7, 11) is 1.29. The van der Waals surface area contributed by atoms with Gasteiger partial charge in [0.2, 0.25) is 0 Å². The number of carboxylic acid groups (broad SMARTS) is 1. The molecule has 0 radical (unpaired) electrons. The fraction of sp³-hybridized carbons (Fsp3) is 0.696. The molecule has 184 valence electrons. The van der Waals surface area contributed by atoms with Crippen LogP contribution in [0.15, 0.2) is 18.2 Å². The van der Waals surface area contributed by atoms with Crippen LogP contribution in [0.3, 0.4) is 0 Å². The van der Waals surface area contributed by atoms with Crippen molar-refractivity contribution < 1.29 is 37.6 Å². The zero-order valence-corrected chi connectivity index (χ0v) is 21.1. The minimum Gasteiger partial charge on any atom is -0.493 e. The lowest BCUT2D eigenvalue weighted by Gasteiger charge is -2.29. The molecule has 2 unspecified atom stereocenters. The topological polar surface area (TPSA) is 102 Å². The maximum Gasteiger partial charge on any atom is 0.472 e. The molecule has 1 aromatic carbocycles. The molecular weight excluding hydrogens is 433 g/mol. The number of rotatable bonds is 17. The number of carboxylic acids is 1. The molecule has 9 heteroatoms. The van der Waals surface area contributed by atoms with Gasteiger partial charge in [0.1, 0.15) is 18.4 Å². The third-order valence-corrected chi connectivity index (χ3v) is 6.11. The van der Waals surface area contributed by atoms with E-state index in [2.05, 4.69) is 19.9 Å². The second-order valence-electron chi connectivity index (χ2n) is 9.27. The van der Waals surface area contributed by atoms with Gasteiger partial charge in [0.05, 0.1) is 40.8 Å². The van der Waals surface area contributed by atoms with Crippen LogP contribution in [-0.2, 0) is 18.4 Å². The Kier molecular flexibility index (Phi) is 12.5. The lowest BCUT2D eigenvalue weighted by atomic mass is 10.1. The van der Waals surface area contributed by atoms with Crippen molar-refractivity contribution in [1.29, 1.82) is 0 Å². The first-order chi connectivity index (χ1) is 14.9. The summed E-state index contributed by atoms with van der Waals surface area (Å²) < 4.78 is 28.6. The largest absolute Gasteiger partial charge is 0.493 e. The highest BCUT2D eigenvalue weighted by Crippen LogP contribution is 2.45.